The normalized spacial score (nSPS) is 22.8. The highest BCUT2D eigenvalue weighted by Crippen LogP contribution is 2.38. The molecule has 11 heavy (non-hydrogen) atoms. The molecule has 0 saturated heterocycles. The lowest BCUT2D eigenvalue weighted by atomic mass is 9.76. The van der Waals surface area contributed by atoms with Crippen LogP contribution >= 0.6 is 23.2 Å². The third-order valence-electron chi connectivity index (χ3n) is 2.45. The van der Waals surface area contributed by atoms with Crippen LogP contribution in [-0.4, -0.2) is 0 Å². The molecule has 64 valence electrons. The first kappa shape index (κ1) is 9.41. The number of allylic oxidation sites excluding steroid dienone is 1. The molecule has 0 atom stereocenters. The van der Waals surface area contributed by atoms with Crippen LogP contribution < -0.4 is 0 Å². The molecule has 1 aliphatic carbocycles. The fourth-order valence-corrected chi connectivity index (χ4v) is 2.29. The second-order valence-corrected chi connectivity index (χ2v) is 4.66. The van der Waals surface area contributed by atoms with Crippen molar-refractivity contribution >= 4 is 23.2 Å². The largest absolute Gasteiger partial charge is 0.103 e. The maximum Gasteiger partial charge on any atom is 0.103 e. The predicted octanol–water partition coefficient (Wildman–Crippen LogP) is 4.28. The van der Waals surface area contributed by atoms with Crippen LogP contribution in [0, 0.1) is 5.41 Å². The Morgan fingerprint density at radius 3 is 2.18 bits per heavy atom. The van der Waals surface area contributed by atoms with E-state index < -0.39 is 0 Å². The predicted molar refractivity (Wildman–Crippen MR) is 51.0 cm³/mol. The van der Waals surface area contributed by atoms with Crippen molar-refractivity contribution in [3.63, 3.8) is 0 Å². The van der Waals surface area contributed by atoms with Gasteiger partial charge in [-0.15, -0.1) is 0 Å². The van der Waals surface area contributed by atoms with Crippen molar-refractivity contribution < 1.29 is 0 Å². The summed E-state index contributed by atoms with van der Waals surface area (Å²) in [4.78, 5) is 0. The summed E-state index contributed by atoms with van der Waals surface area (Å²) in [5.41, 5.74) is 0.275. The molecule has 0 nitrogen and oxygen atoms in total. The molecule has 0 radical (unpaired) electrons. The van der Waals surface area contributed by atoms with E-state index in [1.807, 2.05) is 6.08 Å². The molecule has 1 fully saturated rings. The molecular formula is C9H14Cl2. The van der Waals surface area contributed by atoms with E-state index in [1.54, 1.807) is 0 Å². The topological polar surface area (TPSA) is 0 Å². The van der Waals surface area contributed by atoms with E-state index in [4.69, 9.17) is 23.2 Å². The smallest absolute Gasteiger partial charge is 0.0712 e. The molecule has 0 aromatic heterocycles. The minimum Gasteiger partial charge on any atom is -0.0712 e. The van der Waals surface area contributed by atoms with Gasteiger partial charge in [-0.25, -0.2) is 0 Å². The highest BCUT2D eigenvalue weighted by Gasteiger charge is 2.24. The van der Waals surface area contributed by atoms with Crippen LogP contribution in [0.3, 0.4) is 0 Å². The zero-order chi connectivity index (χ0) is 8.32. The minimum atomic E-state index is 0.275. The number of hydrogen-bond acceptors (Lipinski definition) is 0. The summed E-state index contributed by atoms with van der Waals surface area (Å²) in [6.45, 7) is 2.23. The van der Waals surface area contributed by atoms with Gasteiger partial charge in [-0.1, -0.05) is 49.4 Å². The Bertz CT molecular complexity index is 151. The molecule has 0 heterocycles. The number of rotatable bonds is 1. The van der Waals surface area contributed by atoms with Crippen molar-refractivity contribution in [2.45, 2.75) is 39.0 Å². The van der Waals surface area contributed by atoms with Crippen LogP contribution in [-0.2, 0) is 0 Å². The SMILES string of the molecule is CC1(C=C(Cl)Cl)CCCCC1. The van der Waals surface area contributed by atoms with Gasteiger partial charge in [-0.05, 0) is 24.3 Å². The molecule has 0 unspecified atom stereocenters. The molecule has 1 saturated carbocycles. The van der Waals surface area contributed by atoms with Gasteiger partial charge in [-0.2, -0.15) is 0 Å². The second kappa shape index (κ2) is 3.82. The maximum atomic E-state index is 5.63. The Morgan fingerprint density at radius 2 is 1.73 bits per heavy atom. The van der Waals surface area contributed by atoms with Gasteiger partial charge in [0.15, 0.2) is 0 Å². The quantitative estimate of drug-likeness (QED) is 0.583. The van der Waals surface area contributed by atoms with Gasteiger partial charge >= 0.3 is 0 Å². The van der Waals surface area contributed by atoms with Gasteiger partial charge in [0.1, 0.15) is 4.49 Å². The standard InChI is InChI=1S/C9H14Cl2/c1-9(7-8(10)11)5-3-2-4-6-9/h7H,2-6H2,1H3. The average Bonchev–Trinajstić information content (AvgIpc) is 1.85. The van der Waals surface area contributed by atoms with Gasteiger partial charge in [0.2, 0.25) is 0 Å². The fraction of sp³-hybridized carbons (Fsp3) is 0.778. The summed E-state index contributed by atoms with van der Waals surface area (Å²) >= 11 is 11.3. The zero-order valence-electron chi connectivity index (χ0n) is 6.87. The average molecular weight is 193 g/mol. The van der Waals surface area contributed by atoms with Crippen LogP contribution in [0.15, 0.2) is 10.6 Å². The van der Waals surface area contributed by atoms with Gasteiger partial charge in [0.05, 0.1) is 0 Å². The van der Waals surface area contributed by atoms with E-state index in [2.05, 4.69) is 6.92 Å². The molecule has 0 spiro atoms. The van der Waals surface area contributed by atoms with E-state index in [1.165, 1.54) is 32.1 Å². The van der Waals surface area contributed by atoms with Crippen LogP contribution in [0.5, 0.6) is 0 Å². The molecule has 2 heteroatoms. The van der Waals surface area contributed by atoms with Gasteiger partial charge in [-0.3, -0.25) is 0 Å². The first-order valence-corrected chi connectivity index (χ1v) is 4.92. The second-order valence-electron chi connectivity index (χ2n) is 3.65. The van der Waals surface area contributed by atoms with E-state index in [-0.39, 0.29) is 5.41 Å². The molecule has 0 N–H and O–H groups in total. The lowest BCUT2D eigenvalue weighted by Gasteiger charge is -2.30. The van der Waals surface area contributed by atoms with Gasteiger partial charge < -0.3 is 0 Å². The first-order chi connectivity index (χ1) is 5.12. The Kier molecular flexibility index (Phi) is 3.27. The third-order valence-corrected chi connectivity index (χ3v) is 2.67. The van der Waals surface area contributed by atoms with E-state index in [0.717, 1.165) is 0 Å². The van der Waals surface area contributed by atoms with Crippen molar-refractivity contribution in [3.8, 4) is 0 Å². The van der Waals surface area contributed by atoms with Crippen molar-refractivity contribution in [1.82, 2.24) is 0 Å². The Labute approximate surface area is 78.6 Å². The first-order valence-electron chi connectivity index (χ1n) is 4.16. The van der Waals surface area contributed by atoms with Gasteiger partial charge in [0.25, 0.3) is 0 Å². The summed E-state index contributed by atoms with van der Waals surface area (Å²) in [7, 11) is 0. The summed E-state index contributed by atoms with van der Waals surface area (Å²) in [6, 6.07) is 0. The monoisotopic (exact) mass is 192 g/mol. The van der Waals surface area contributed by atoms with Crippen molar-refractivity contribution in [2.24, 2.45) is 5.41 Å². The molecule has 0 aromatic carbocycles. The van der Waals surface area contributed by atoms with Crippen molar-refractivity contribution in [1.29, 1.82) is 0 Å². The van der Waals surface area contributed by atoms with Crippen LogP contribution in [0.1, 0.15) is 39.0 Å². The summed E-state index contributed by atoms with van der Waals surface area (Å²) < 4.78 is 0.425. The molecule has 1 rings (SSSR count). The van der Waals surface area contributed by atoms with Crippen molar-refractivity contribution in [3.05, 3.63) is 10.6 Å². The zero-order valence-corrected chi connectivity index (χ0v) is 8.38. The Balaban J connectivity index is 2.57. The Morgan fingerprint density at radius 1 is 1.18 bits per heavy atom. The summed E-state index contributed by atoms with van der Waals surface area (Å²) in [5.74, 6) is 0. The fourth-order valence-electron chi connectivity index (χ4n) is 1.77. The third kappa shape index (κ3) is 3.04. The minimum absolute atomic E-state index is 0.275. The van der Waals surface area contributed by atoms with Crippen LogP contribution in [0.25, 0.3) is 0 Å². The van der Waals surface area contributed by atoms with Crippen LogP contribution in [0.4, 0.5) is 0 Å². The lowest BCUT2D eigenvalue weighted by molar-refractivity contribution is 0.286. The highest BCUT2D eigenvalue weighted by molar-refractivity contribution is 6.55. The van der Waals surface area contributed by atoms with Crippen LogP contribution in [0.2, 0.25) is 0 Å². The van der Waals surface area contributed by atoms with Crippen molar-refractivity contribution in [2.75, 3.05) is 0 Å². The summed E-state index contributed by atoms with van der Waals surface area (Å²) in [5, 5.41) is 0. The Hall–Kier alpha value is 0.320. The highest BCUT2D eigenvalue weighted by atomic mass is 35.5. The molecule has 0 amide bonds. The molecule has 1 aliphatic rings. The summed E-state index contributed by atoms with van der Waals surface area (Å²) in [6.07, 6.45) is 8.45. The number of halogens is 2. The molecule has 0 bridgehead atoms. The number of hydrogen-bond donors (Lipinski definition) is 0. The van der Waals surface area contributed by atoms with Gasteiger partial charge in [0, 0.05) is 0 Å². The molecule has 0 aliphatic heterocycles. The maximum absolute atomic E-state index is 5.63. The molecule has 0 aromatic rings. The van der Waals surface area contributed by atoms with E-state index in [9.17, 15) is 0 Å². The molecular weight excluding hydrogens is 179 g/mol. The lowest BCUT2D eigenvalue weighted by Crippen LogP contribution is -2.16. The van der Waals surface area contributed by atoms with E-state index >= 15 is 0 Å². The van der Waals surface area contributed by atoms with E-state index in [0.29, 0.717) is 4.49 Å².